The van der Waals surface area contributed by atoms with Crippen molar-refractivity contribution < 1.29 is 9.90 Å². The van der Waals surface area contributed by atoms with Gasteiger partial charge in [0, 0.05) is 18.2 Å². The van der Waals surface area contributed by atoms with E-state index in [1.165, 1.54) is 11.3 Å². The monoisotopic (exact) mass is 318 g/mol. The number of carbonyl (C=O) groups is 1. The summed E-state index contributed by atoms with van der Waals surface area (Å²) in [5.74, 6) is 0.493. The molecule has 3 N–H and O–H groups in total. The highest BCUT2D eigenvalue weighted by Crippen LogP contribution is 2.34. The van der Waals surface area contributed by atoms with Crippen LogP contribution in [0.15, 0.2) is 30.3 Å². The van der Waals surface area contributed by atoms with Crippen LogP contribution in [-0.4, -0.2) is 34.0 Å². The van der Waals surface area contributed by atoms with Crippen LogP contribution in [0.4, 0.5) is 9.93 Å². The van der Waals surface area contributed by atoms with E-state index in [0.29, 0.717) is 17.5 Å². The molecule has 116 valence electrons. The summed E-state index contributed by atoms with van der Waals surface area (Å²) in [5, 5.41) is 24.0. The third-order valence-electron chi connectivity index (χ3n) is 3.61. The van der Waals surface area contributed by atoms with Gasteiger partial charge < -0.3 is 10.4 Å². The summed E-state index contributed by atoms with van der Waals surface area (Å²) in [5.41, 5.74) is 0.976. The number of aliphatic hydroxyl groups is 1. The Morgan fingerprint density at radius 2 is 2.09 bits per heavy atom. The fourth-order valence-corrected chi connectivity index (χ4v) is 3.08. The molecule has 6 nitrogen and oxygen atoms in total. The minimum absolute atomic E-state index is 0.0338. The largest absolute Gasteiger partial charge is 0.396 e. The van der Waals surface area contributed by atoms with Crippen molar-refractivity contribution in [1.29, 1.82) is 0 Å². The van der Waals surface area contributed by atoms with E-state index in [1.54, 1.807) is 0 Å². The Balaban J connectivity index is 1.59. The van der Waals surface area contributed by atoms with Crippen LogP contribution in [0.5, 0.6) is 0 Å². The number of hydrogen-bond donors (Lipinski definition) is 3. The first-order chi connectivity index (χ1) is 10.8. The normalized spacial score (nSPS) is 15.3. The quantitative estimate of drug-likeness (QED) is 0.763. The number of aliphatic hydroxyl groups excluding tert-OH is 1. The van der Waals surface area contributed by atoms with E-state index in [4.69, 9.17) is 5.11 Å². The fraction of sp³-hybridized carbons (Fsp3) is 0.400. The van der Waals surface area contributed by atoms with Gasteiger partial charge in [-0.05, 0) is 25.2 Å². The van der Waals surface area contributed by atoms with Gasteiger partial charge in [-0.1, -0.05) is 41.7 Å². The number of urea groups is 1. The molecule has 2 amide bonds. The molecule has 1 saturated carbocycles. The number of rotatable bonds is 6. The Kier molecular flexibility index (Phi) is 4.65. The summed E-state index contributed by atoms with van der Waals surface area (Å²) in [6.45, 7) is 0.0818. The SMILES string of the molecule is O=C(Nc1nnc(-c2ccccc2)s1)NC(CCO)C1CC1. The molecule has 1 heterocycles. The van der Waals surface area contributed by atoms with E-state index in [9.17, 15) is 4.79 Å². The van der Waals surface area contributed by atoms with Crippen molar-refractivity contribution in [3.05, 3.63) is 30.3 Å². The average Bonchev–Trinajstić information content (AvgIpc) is 3.28. The van der Waals surface area contributed by atoms with Crippen LogP contribution in [0.1, 0.15) is 19.3 Å². The third kappa shape index (κ3) is 3.80. The third-order valence-corrected chi connectivity index (χ3v) is 4.50. The van der Waals surface area contributed by atoms with Crippen molar-refractivity contribution in [3.63, 3.8) is 0 Å². The van der Waals surface area contributed by atoms with Crippen LogP contribution in [-0.2, 0) is 0 Å². The molecule has 1 aliphatic carbocycles. The fourth-order valence-electron chi connectivity index (χ4n) is 2.34. The van der Waals surface area contributed by atoms with Gasteiger partial charge >= 0.3 is 6.03 Å². The number of nitrogens with zero attached hydrogens (tertiary/aromatic N) is 2. The number of anilines is 1. The van der Waals surface area contributed by atoms with Crippen LogP contribution < -0.4 is 10.6 Å². The molecule has 3 rings (SSSR count). The number of benzene rings is 1. The van der Waals surface area contributed by atoms with Crippen LogP contribution in [0.2, 0.25) is 0 Å². The summed E-state index contributed by atoms with van der Waals surface area (Å²) < 4.78 is 0. The molecule has 1 fully saturated rings. The lowest BCUT2D eigenvalue weighted by Crippen LogP contribution is -2.39. The van der Waals surface area contributed by atoms with E-state index in [1.807, 2.05) is 30.3 Å². The molecule has 1 aliphatic rings. The van der Waals surface area contributed by atoms with Crippen molar-refractivity contribution in [3.8, 4) is 10.6 Å². The van der Waals surface area contributed by atoms with E-state index < -0.39 is 0 Å². The van der Waals surface area contributed by atoms with Crippen LogP contribution >= 0.6 is 11.3 Å². The lowest BCUT2D eigenvalue weighted by molar-refractivity contribution is 0.234. The maximum atomic E-state index is 12.0. The molecule has 7 heteroatoms. The van der Waals surface area contributed by atoms with Crippen LogP contribution in [0, 0.1) is 5.92 Å². The predicted octanol–water partition coefficient (Wildman–Crippen LogP) is 2.49. The van der Waals surface area contributed by atoms with Gasteiger partial charge in [-0.2, -0.15) is 0 Å². The Morgan fingerprint density at radius 1 is 1.32 bits per heavy atom. The second-order valence-corrected chi connectivity index (χ2v) is 6.31. The van der Waals surface area contributed by atoms with Gasteiger partial charge in [-0.15, -0.1) is 10.2 Å². The van der Waals surface area contributed by atoms with E-state index in [-0.39, 0.29) is 18.7 Å². The predicted molar refractivity (Wildman–Crippen MR) is 85.7 cm³/mol. The molecule has 0 spiro atoms. The van der Waals surface area contributed by atoms with Crippen molar-refractivity contribution in [1.82, 2.24) is 15.5 Å². The molecule has 22 heavy (non-hydrogen) atoms. The molecule has 0 radical (unpaired) electrons. The summed E-state index contributed by atoms with van der Waals surface area (Å²) in [6, 6.07) is 9.46. The summed E-state index contributed by atoms with van der Waals surface area (Å²) >= 11 is 1.34. The van der Waals surface area contributed by atoms with Crippen molar-refractivity contribution in [2.75, 3.05) is 11.9 Å². The lowest BCUT2D eigenvalue weighted by Gasteiger charge is -2.16. The van der Waals surface area contributed by atoms with E-state index in [0.717, 1.165) is 23.4 Å². The topological polar surface area (TPSA) is 87.1 Å². The van der Waals surface area contributed by atoms with Gasteiger partial charge in [0.15, 0.2) is 0 Å². The van der Waals surface area contributed by atoms with Crippen molar-refractivity contribution >= 4 is 22.5 Å². The highest BCUT2D eigenvalue weighted by Gasteiger charge is 2.31. The van der Waals surface area contributed by atoms with E-state index in [2.05, 4.69) is 20.8 Å². The molecule has 0 aliphatic heterocycles. The molecule has 1 aromatic carbocycles. The second-order valence-electron chi connectivity index (χ2n) is 5.33. The van der Waals surface area contributed by atoms with Crippen molar-refractivity contribution in [2.45, 2.75) is 25.3 Å². The second kappa shape index (κ2) is 6.85. The first kappa shape index (κ1) is 14.9. The highest BCUT2D eigenvalue weighted by molar-refractivity contribution is 7.18. The molecule has 1 aromatic heterocycles. The zero-order valence-corrected chi connectivity index (χ0v) is 12.8. The minimum Gasteiger partial charge on any atom is -0.396 e. The first-order valence-electron chi connectivity index (χ1n) is 7.33. The molecule has 2 aromatic rings. The number of nitrogens with one attached hydrogen (secondary N) is 2. The van der Waals surface area contributed by atoms with E-state index >= 15 is 0 Å². The smallest absolute Gasteiger partial charge is 0.321 e. The molecular weight excluding hydrogens is 300 g/mol. The van der Waals surface area contributed by atoms with Gasteiger partial charge in [-0.25, -0.2) is 4.79 Å². The van der Waals surface area contributed by atoms with Gasteiger partial charge in [0.25, 0.3) is 0 Å². The number of hydrogen-bond acceptors (Lipinski definition) is 5. The standard InChI is InChI=1S/C15H18N4O2S/c20-9-8-12(10-6-7-10)16-14(21)17-15-19-18-13(22-15)11-4-2-1-3-5-11/h1-5,10,12,20H,6-9H2,(H2,16,17,19,21). The van der Waals surface area contributed by atoms with Gasteiger partial charge in [0.1, 0.15) is 5.01 Å². The molecule has 1 atom stereocenters. The zero-order valence-electron chi connectivity index (χ0n) is 12.0. The molecule has 0 saturated heterocycles. The van der Waals surface area contributed by atoms with Gasteiger partial charge in [0.2, 0.25) is 5.13 Å². The summed E-state index contributed by atoms with van der Waals surface area (Å²) in [4.78, 5) is 12.0. The Labute approximate surface area is 132 Å². The van der Waals surface area contributed by atoms with Crippen LogP contribution in [0.25, 0.3) is 10.6 Å². The average molecular weight is 318 g/mol. The summed E-state index contributed by atoms with van der Waals surface area (Å²) in [6.07, 6.45) is 2.81. The summed E-state index contributed by atoms with van der Waals surface area (Å²) in [7, 11) is 0. The Bertz CT molecular complexity index is 627. The maximum Gasteiger partial charge on any atom is 0.321 e. The van der Waals surface area contributed by atoms with Crippen molar-refractivity contribution in [2.24, 2.45) is 5.92 Å². The zero-order chi connectivity index (χ0) is 15.4. The minimum atomic E-state index is -0.291. The molecule has 0 bridgehead atoms. The molecule has 1 unspecified atom stereocenters. The van der Waals surface area contributed by atoms with Gasteiger partial charge in [0.05, 0.1) is 0 Å². The Hall–Kier alpha value is -1.99. The van der Waals surface area contributed by atoms with Gasteiger partial charge in [-0.3, -0.25) is 5.32 Å². The highest BCUT2D eigenvalue weighted by atomic mass is 32.1. The number of amides is 2. The van der Waals surface area contributed by atoms with Crippen LogP contribution in [0.3, 0.4) is 0 Å². The number of carbonyl (C=O) groups excluding carboxylic acids is 1. The Morgan fingerprint density at radius 3 is 2.77 bits per heavy atom. The first-order valence-corrected chi connectivity index (χ1v) is 8.15. The molecular formula is C15H18N4O2S. The lowest BCUT2D eigenvalue weighted by atomic mass is 10.1. The number of aromatic nitrogens is 2. The maximum absolute atomic E-state index is 12.0.